The Hall–Kier alpha value is -2.40. The maximum atomic E-state index is 5.82. The number of anilines is 1. The van der Waals surface area contributed by atoms with E-state index in [0.29, 0.717) is 5.92 Å². The number of aryl methyl sites for hydroxylation is 1. The van der Waals surface area contributed by atoms with Gasteiger partial charge in [-0.3, -0.25) is 0 Å². The molecule has 3 heterocycles. The molecule has 0 radical (unpaired) electrons. The van der Waals surface area contributed by atoms with E-state index in [-0.39, 0.29) is 0 Å². The summed E-state index contributed by atoms with van der Waals surface area (Å²) >= 11 is 0. The third-order valence-electron chi connectivity index (χ3n) is 4.65. The van der Waals surface area contributed by atoms with Crippen LogP contribution < -0.4 is 4.90 Å². The fourth-order valence-electron chi connectivity index (χ4n) is 3.43. The summed E-state index contributed by atoms with van der Waals surface area (Å²) in [5, 5.41) is 1.30. The first-order valence-electron chi connectivity index (χ1n) is 8.43. The molecule has 3 aromatic rings. The monoisotopic (exact) mass is 322 g/mol. The van der Waals surface area contributed by atoms with Crippen LogP contribution in [0.15, 0.2) is 48.9 Å². The van der Waals surface area contributed by atoms with E-state index in [2.05, 4.69) is 56.9 Å². The van der Waals surface area contributed by atoms with Gasteiger partial charge in [-0.15, -0.1) is 0 Å². The van der Waals surface area contributed by atoms with Crippen molar-refractivity contribution in [2.24, 2.45) is 13.0 Å². The summed E-state index contributed by atoms with van der Waals surface area (Å²) in [4.78, 5) is 11.0. The summed E-state index contributed by atoms with van der Waals surface area (Å²) in [5.41, 5.74) is 2.63. The molecule has 0 bridgehead atoms. The molecule has 1 unspecified atom stereocenters. The van der Waals surface area contributed by atoms with Gasteiger partial charge in [0, 0.05) is 50.2 Å². The van der Waals surface area contributed by atoms with Crippen LogP contribution in [0.5, 0.6) is 0 Å². The van der Waals surface area contributed by atoms with Crippen molar-refractivity contribution in [2.45, 2.75) is 6.42 Å². The highest BCUT2D eigenvalue weighted by molar-refractivity contribution is 5.80. The third kappa shape index (κ3) is 3.12. The second kappa shape index (κ2) is 6.61. The molecule has 24 heavy (non-hydrogen) atoms. The van der Waals surface area contributed by atoms with Crippen LogP contribution in [0.25, 0.3) is 10.9 Å². The first-order chi connectivity index (χ1) is 11.8. The highest BCUT2D eigenvalue weighted by atomic mass is 16.5. The minimum Gasteiger partial charge on any atom is -0.379 e. The molecular weight excluding hydrogens is 300 g/mol. The van der Waals surface area contributed by atoms with Gasteiger partial charge in [0.25, 0.3) is 0 Å². The van der Waals surface area contributed by atoms with Gasteiger partial charge in [0.05, 0.1) is 13.2 Å². The Kier molecular flexibility index (Phi) is 4.17. The van der Waals surface area contributed by atoms with E-state index in [1.54, 1.807) is 12.4 Å². The summed E-state index contributed by atoms with van der Waals surface area (Å²) in [6.45, 7) is 3.29. The normalized spacial score (nSPS) is 18.7. The van der Waals surface area contributed by atoms with Crippen LogP contribution in [0.2, 0.25) is 0 Å². The largest absolute Gasteiger partial charge is 0.379 e. The predicted molar refractivity (Wildman–Crippen MR) is 95.2 cm³/mol. The quantitative estimate of drug-likeness (QED) is 0.743. The van der Waals surface area contributed by atoms with Gasteiger partial charge in [-0.05, 0) is 41.6 Å². The number of hydrogen-bond donors (Lipinski definition) is 0. The van der Waals surface area contributed by atoms with E-state index in [1.807, 2.05) is 6.07 Å². The Labute approximate surface area is 141 Å². The van der Waals surface area contributed by atoms with Gasteiger partial charge in [0.1, 0.15) is 0 Å². The zero-order chi connectivity index (χ0) is 16.4. The third-order valence-corrected chi connectivity index (χ3v) is 4.65. The van der Waals surface area contributed by atoms with E-state index in [1.165, 1.54) is 16.5 Å². The molecule has 4 rings (SSSR count). The molecule has 5 nitrogen and oxygen atoms in total. The first-order valence-corrected chi connectivity index (χ1v) is 8.43. The van der Waals surface area contributed by atoms with E-state index in [9.17, 15) is 0 Å². The molecule has 1 aliphatic rings. The van der Waals surface area contributed by atoms with Gasteiger partial charge in [-0.2, -0.15) is 0 Å². The molecule has 1 fully saturated rings. The summed E-state index contributed by atoms with van der Waals surface area (Å²) in [6, 6.07) is 10.8. The van der Waals surface area contributed by atoms with Crippen molar-refractivity contribution in [1.82, 2.24) is 14.5 Å². The van der Waals surface area contributed by atoms with Crippen LogP contribution in [-0.4, -0.2) is 40.8 Å². The number of nitrogens with zero attached hydrogens (tertiary/aromatic N) is 4. The lowest BCUT2D eigenvalue weighted by Gasteiger charge is -2.23. The summed E-state index contributed by atoms with van der Waals surface area (Å²) in [5.74, 6) is 1.24. The van der Waals surface area contributed by atoms with Gasteiger partial charge >= 0.3 is 0 Å². The molecule has 0 spiro atoms. The predicted octanol–water partition coefficient (Wildman–Crippen LogP) is 2.66. The fourth-order valence-corrected chi connectivity index (χ4v) is 3.43. The van der Waals surface area contributed by atoms with Gasteiger partial charge in [-0.1, -0.05) is 6.07 Å². The van der Waals surface area contributed by atoms with Crippen molar-refractivity contribution in [2.75, 3.05) is 31.2 Å². The topological polar surface area (TPSA) is 43.2 Å². The van der Waals surface area contributed by atoms with Crippen LogP contribution in [0, 0.1) is 5.92 Å². The number of rotatable bonds is 3. The van der Waals surface area contributed by atoms with E-state index >= 15 is 0 Å². The van der Waals surface area contributed by atoms with E-state index < -0.39 is 0 Å². The van der Waals surface area contributed by atoms with Gasteiger partial charge in [-0.25, -0.2) is 9.97 Å². The Morgan fingerprint density at radius 1 is 1.21 bits per heavy atom. The van der Waals surface area contributed by atoms with E-state index in [4.69, 9.17) is 4.74 Å². The number of hydrogen-bond acceptors (Lipinski definition) is 4. The zero-order valence-electron chi connectivity index (χ0n) is 13.9. The van der Waals surface area contributed by atoms with Gasteiger partial charge in [0.2, 0.25) is 5.95 Å². The molecule has 0 amide bonds. The molecule has 0 N–H and O–H groups in total. The van der Waals surface area contributed by atoms with Crippen LogP contribution in [0.1, 0.15) is 5.56 Å². The van der Waals surface area contributed by atoms with Crippen molar-refractivity contribution in [3.8, 4) is 0 Å². The minimum absolute atomic E-state index is 0.442. The SMILES string of the molecule is Cn1ccc2cc(CC3COCCN(c4ncccn4)C3)ccc21. The van der Waals surface area contributed by atoms with E-state index in [0.717, 1.165) is 38.7 Å². The molecule has 2 aromatic heterocycles. The van der Waals surface area contributed by atoms with Crippen LogP contribution in [-0.2, 0) is 18.2 Å². The molecule has 124 valence electrons. The van der Waals surface area contributed by atoms with Gasteiger partial charge < -0.3 is 14.2 Å². The van der Waals surface area contributed by atoms with Crippen molar-refractivity contribution < 1.29 is 4.74 Å². The Balaban J connectivity index is 1.51. The highest BCUT2D eigenvalue weighted by Crippen LogP contribution is 2.21. The van der Waals surface area contributed by atoms with Crippen LogP contribution in [0.4, 0.5) is 5.95 Å². The molecule has 1 atom stereocenters. The molecule has 1 saturated heterocycles. The van der Waals surface area contributed by atoms with Crippen LogP contribution in [0.3, 0.4) is 0 Å². The Morgan fingerprint density at radius 3 is 2.96 bits per heavy atom. The maximum Gasteiger partial charge on any atom is 0.225 e. The number of ether oxygens (including phenoxy) is 1. The van der Waals surface area contributed by atoms with Crippen molar-refractivity contribution in [3.63, 3.8) is 0 Å². The van der Waals surface area contributed by atoms with Crippen molar-refractivity contribution in [1.29, 1.82) is 0 Å². The van der Waals surface area contributed by atoms with Crippen molar-refractivity contribution >= 4 is 16.9 Å². The fraction of sp³-hybridized carbons (Fsp3) is 0.368. The summed E-state index contributed by atoms with van der Waals surface area (Å²) in [7, 11) is 2.08. The number of benzene rings is 1. The zero-order valence-corrected chi connectivity index (χ0v) is 13.9. The van der Waals surface area contributed by atoms with Crippen LogP contribution >= 0.6 is 0 Å². The molecule has 1 aliphatic heterocycles. The lowest BCUT2D eigenvalue weighted by atomic mass is 9.98. The second-order valence-corrected chi connectivity index (χ2v) is 6.46. The Bertz CT molecular complexity index is 815. The smallest absolute Gasteiger partial charge is 0.225 e. The average Bonchev–Trinajstić information content (AvgIpc) is 2.83. The summed E-state index contributed by atoms with van der Waals surface area (Å²) < 4.78 is 7.98. The molecule has 5 heteroatoms. The average molecular weight is 322 g/mol. The molecular formula is C19H22N4O. The van der Waals surface area contributed by atoms with Crippen molar-refractivity contribution in [3.05, 3.63) is 54.5 Å². The molecule has 1 aromatic carbocycles. The highest BCUT2D eigenvalue weighted by Gasteiger charge is 2.21. The number of fused-ring (bicyclic) bond motifs is 1. The Morgan fingerprint density at radius 2 is 2.08 bits per heavy atom. The first kappa shape index (κ1) is 15.1. The second-order valence-electron chi connectivity index (χ2n) is 6.46. The lowest BCUT2D eigenvalue weighted by Crippen LogP contribution is -2.32. The lowest BCUT2D eigenvalue weighted by molar-refractivity contribution is 0.123. The minimum atomic E-state index is 0.442. The van der Waals surface area contributed by atoms with Gasteiger partial charge in [0.15, 0.2) is 0 Å². The maximum absolute atomic E-state index is 5.82. The summed E-state index contributed by atoms with van der Waals surface area (Å²) in [6.07, 6.45) is 6.71. The molecule has 0 aliphatic carbocycles. The molecule has 0 saturated carbocycles. The standard InChI is InChI=1S/C19H22N4O/c1-22-8-5-17-12-15(3-4-18(17)22)11-16-13-23(9-10-24-14-16)19-20-6-2-7-21-19/h2-8,12,16H,9-11,13-14H2,1H3. The number of aromatic nitrogens is 3.